The van der Waals surface area contributed by atoms with E-state index in [2.05, 4.69) is 22.4 Å². The van der Waals surface area contributed by atoms with E-state index in [1.54, 1.807) is 5.98 Å². The van der Waals surface area contributed by atoms with Crippen molar-refractivity contribution in [2.45, 2.75) is 18.6 Å². The number of hydrogen-bond donors (Lipinski definition) is 0. The monoisotopic (exact) mass is 225 g/mol. The van der Waals surface area contributed by atoms with Gasteiger partial charge in [0, 0.05) is 16.8 Å². The second-order valence-electron chi connectivity index (χ2n) is 4.02. The first-order valence-electron chi connectivity index (χ1n) is 5.59. The molecule has 1 nitrogen and oxygen atoms in total. The Morgan fingerprint density at radius 1 is 1.38 bits per heavy atom. The maximum absolute atomic E-state index is 5.83. The summed E-state index contributed by atoms with van der Waals surface area (Å²) in [6.07, 6.45) is 1.07. The van der Waals surface area contributed by atoms with E-state index >= 15 is 0 Å². The zero-order valence-electron chi connectivity index (χ0n) is 9.23. The lowest BCUT2D eigenvalue weighted by molar-refractivity contribution is 0.0370. The van der Waals surface area contributed by atoms with Crippen molar-refractivity contribution in [2.24, 2.45) is 5.92 Å². The van der Waals surface area contributed by atoms with E-state index in [1.807, 2.05) is 18.2 Å². The summed E-state index contributed by atoms with van der Waals surface area (Å²) in [5.74, 6) is 2.20. The van der Waals surface area contributed by atoms with Gasteiger partial charge in [-0.15, -0.1) is 5.98 Å². The fourth-order valence-corrected chi connectivity index (χ4v) is 2.60. The second kappa shape index (κ2) is 5.51. The van der Waals surface area contributed by atoms with Gasteiger partial charge >= 0.3 is 0 Å². The van der Waals surface area contributed by atoms with E-state index in [-0.39, 0.29) is 6.10 Å². The molecule has 2 rings (SSSR count). The largest absolute Gasteiger partial charge is 0.369 e. The van der Waals surface area contributed by atoms with Crippen LogP contribution in [0.15, 0.2) is 41.9 Å². The Balaban J connectivity index is 2.26. The zero-order chi connectivity index (χ0) is 11.4. The van der Waals surface area contributed by atoms with Crippen LogP contribution in [-0.2, 0) is 4.74 Å². The van der Waals surface area contributed by atoms with Crippen LogP contribution in [0.25, 0.3) is 0 Å². The van der Waals surface area contributed by atoms with E-state index in [9.17, 15) is 0 Å². The van der Waals surface area contributed by atoms with Crippen molar-refractivity contribution in [1.29, 1.82) is 0 Å². The standard InChI is InChI=1S/C13H14BOSi/c14-8-12-11(9-16)6-7-15-13(12)10-4-2-1-3-5-10/h1-5,8,11,13H,6-7,9H2/b12-8+/t11-,13-/m1/s1. The van der Waals surface area contributed by atoms with Crippen molar-refractivity contribution in [3.05, 3.63) is 47.4 Å². The summed E-state index contributed by atoms with van der Waals surface area (Å²) in [6, 6.07) is 11.2. The highest BCUT2D eigenvalue weighted by molar-refractivity contribution is 6.17. The molecule has 1 aliphatic rings. The van der Waals surface area contributed by atoms with Crippen LogP contribution in [0.3, 0.4) is 0 Å². The van der Waals surface area contributed by atoms with Gasteiger partial charge in [-0.05, 0) is 23.5 Å². The van der Waals surface area contributed by atoms with Gasteiger partial charge in [0.1, 0.15) is 14.0 Å². The molecule has 1 saturated heterocycles. The lowest BCUT2D eigenvalue weighted by Crippen LogP contribution is -2.23. The SMILES string of the molecule is [B]/C=C1\[C@@H](C[Si])CCO[C@@H]1c1ccccc1. The minimum atomic E-state index is 0.0290. The first kappa shape index (κ1) is 11.7. The lowest BCUT2D eigenvalue weighted by atomic mass is 9.84. The van der Waals surface area contributed by atoms with Crippen LogP contribution < -0.4 is 0 Å². The fraction of sp³-hybridized carbons (Fsp3) is 0.385. The summed E-state index contributed by atoms with van der Waals surface area (Å²) in [4.78, 5) is 0. The van der Waals surface area contributed by atoms with Gasteiger partial charge in [-0.3, -0.25) is 0 Å². The number of hydrogen-bond acceptors (Lipinski definition) is 1. The van der Waals surface area contributed by atoms with Crippen molar-refractivity contribution in [3.63, 3.8) is 0 Å². The molecule has 79 valence electrons. The van der Waals surface area contributed by atoms with Gasteiger partial charge < -0.3 is 4.74 Å². The van der Waals surface area contributed by atoms with Crippen molar-refractivity contribution < 1.29 is 4.74 Å². The summed E-state index contributed by atoms with van der Waals surface area (Å²) in [5.41, 5.74) is 2.37. The molecule has 0 N–H and O–H groups in total. The van der Waals surface area contributed by atoms with Crippen LogP contribution >= 0.6 is 0 Å². The first-order valence-corrected chi connectivity index (χ1v) is 6.30. The summed E-state index contributed by atoms with van der Waals surface area (Å²) in [6.45, 7) is 0.798. The lowest BCUT2D eigenvalue weighted by Gasteiger charge is -2.33. The maximum atomic E-state index is 5.83. The van der Waals surface area contributed by atoms with Crippen LogP contribution in [-0.4, -0.2) is 24.7 Å². The van der Waals surface area contributed by atoms with Crippen molar-refractivity contribution in [1.82, 2.24) is 0 Å². The van der Waals surface area contributed by atoms with Crippen LogP contribution in [0.5, 0.6) is 0 Å². The normalized spacial score (nSPS) is 28.2. The highest BCUT2D eigenvalue weighted by Gasteiger charge is 2.27. The highest BCUT2D eigenvalue weighted by Crippen LogP contribution is 2.37. The third-order valence-corrected chi connectivity index (χ3v) is 3.56. The summed E-state index contributed by atoms with van der Waals surface area (Å²) in [7, 11) is 9.32. The summed E-state index contributed by atoms with van der Waals surface area (Å²) in [5, 5.41) is 0. The predicted octanol–water partition coefficient (Wildman–Crippen LogP) is 2.40. The number of ether oxygens (including phenoxy) is 1. The second-order valence-corrected chi connectivity index (χ2v) is 4.43. The van der Waals surface area contributed by atoms with E-state index in [0.29, 0.717) is 5.92 Å². The molecule has 1 heterocycles. The minimum Gasteiger partial charge on any atom is -0.369 e. The van der Waals surface area contributed by atoms with E-state index in [0.717, 1.165) is 19.1 Å². The molecule has 0 spiro atoms. The van der Waals surface area contributed by atoms with Crippen molar-refractivity contribution in [2.75, 3.05) is 6.61 Å². The van der Waals surface area contributed by atoms with Gasteiger partial charge in [-0.25, -0.2) is 0 Å². The average Bonchev–Trinajstić information content (AvgIpc) is 2.38. The van der Waals surface area contributed by atoms with Gasteiger partial charge in [0.2, 0.25) is 0 Å². The quantitative estimate of drug-likeness (QED) is 0.702. The molecule has 0 aromatic heterocycles. The first-order chi connectivity index (χ1) is 7.86. The van der Waals surface area contributed by atoms with Gasteiger partial charge in [0.25, 0.3) is 0 Å². The zero-order valence-corrected chi connectivity index (χ0v) is 10.2. The van der Waals surface area contributed by atoms with Gasteiger partial charge in [-0.2, -0.15) is 0 Å². The van der Waals surface area contributed by atoms with E-state index in [4.69, 9.17) is 12.6 Å². The summed E-state index contributed by atoms with van der Waals surface area (Å²) >= 11 is 0. The molecule has 0 amide bonds. The average molecular weight is 225 g/mol. The van der Waals surface area contributed by atoms with Crippen molar-refractivity contribution in [3.8, 4) is 0 Å². The Morgan fingerprint density at radius 2 is 2.12 bits per heavy atom. The number of benzene rings is 1. The predicted molar refractivity (Wildman–Crippen MR) is 67.6 cm³/mol. The maximum Gasteiger partial charge on any atom is 0.103 e. The van der Waals surface area contributed by atoms with Gasteiger partial charge in [-0.1, -0.05) is 36.4 Å². The smallest absolute Gasteiger partial charge is 0.103 e. The molecular weight excluding hydrogens is 211 g/mol. The molecular formula is C13H14BOSi. The Labute approximate surface area is 102 Å². The Morgan fingerprint density at radius 3 is 2.75 bits per heavy atom. The van der Waals surface area contributed by atoms with Crippen LogP contribution in [0.2, 0.25) is 6.04 Å². The Kier molecular flexibility index (Phi) is 4.02. The van der Waals surface area contributed by atoms with Crippen LogP contribution in [0.4, 0.5) is 0 Å². The molecule has 1 aromatic rings. The molecule has 0 bridgehead atoms. The molecule has 1 aromatic carbocycles. The highest BCUT2D eigenvalue weighted by atomic mass is 28.1. The Hall–Kier alpha value is -0.798. The Bertz CT molecular complexity index is 363. The molecule has 2 atom stereocenters. The molecule has 5 radical (unpaired) electrons. The van der Waals surface area contributed by atoms with Gasteiger partial charge in [0.05, 0.1) is 0 Å². The fourth-order valence-electron chi connectivity index (χ4n) is 2.17. The molecule has 0 saturated carbocycles. The molecule has 16 heavy (non-hydrogen) atoms. The topological polar surface area (TPSA) is 9.23 Å². The molecule has 1 aliphatic heterocycles. The summed E-state index contributed by atoms with van der Waals surface area (Å²) < 4.78 is 5.83. The number of rotatable bonds is 2. The molecule has 3 heteroatoms. The van der Waals surface area contributed by atoms with E-state index < -0.39 is 0 Å². The van der Waals surface area contributed by atoms with Crippen LogP contribution in [0, 0.1) is 5.92 Å². The third-order valence-electron chi connectivity index (χ3n) is 3.07. The van der Waals surface area contributed by atoms with E-state index in [1.165, 1.54) is 11.1 Å². The van der Waals surface area contributed by atoms with Crippen molar-refractivity contribution >= 4 is 18.1 Å². The minimum absolute atomic E-state index is 0.0290. The molecule has 0 unspecified atom stereocenters. The van der Waals surface area contributed by atoms with Crippen LogP contribution in [0.1, 0.15) is 18.1 Å². The third kappa shape index (κ3) is 2.30. The van der Waals surface area contributed by atoms with Gasteiger partial charge in [0.15, 0.2) is 0 Å². The molecule has 0 aliphatic carbocycles. The molecule has 1 fully saturated rings.